The Morgan fingerprint density at radius 3 is 3.00 bits per heavy atom. The molecule has 0 spiro atoms. The number of aryl methyl sites for hydroxylation is 1. The molecule has 4 nitrogen and oxygen atoms in total. The molecule has 1 aliphatic heterocycles. The van der Waals surface area contributed by atoms with Gasteiger partial charge in [0.15, 0.2) is 0 Å². The largest absolute Gasteiger partial charge is 0.374 e. The van der Waals surface area contributed by atoms with E-state index in [0.29, 0.717) is 0 Å². The van der Waals surface area contributed by atoms with Crippen LogP contribution in [0.25, 0.3) is 0 Å². The maximum atomic E-state index is 6.19. The van der Waals surface area contributed by atoms with Crippen LogP contribution >= 0.6 is 11.6 Å². The predicted molar refractivity (Wildman–Crippen MR) is 78.1 cm³/mol. The van der Waals surface area contributed by atoms with Crippen molar-refractivity contribution in [3.8, 4) is 0 Å². The molecule has 1 aromatic rings. The number of ether oxygens (including phenoxy) is 1. The van der Waals surface area contributed by atoms with E-state index in [1.807, 2.05) is 19.1 Å². The molecule has 0 amide bonds. The standard InChI is InChI=1S/C14H22ClN3O/c1-3-18-6-7-19-13(9-18)14(17-16)11-5-4-10(2)12(15)8-11/h4-5,8,13-14,17H,3,6-7,9,16H2,1-2H3. The molecule has 2 rings (SSSR count). The molecule has 2 atom stereocenters. The van der Waals surface area contributed by atoms with Gasteiger partial charge in [-0.25, -0.2) is 0 Å². The first-order valence-electron chi connectivity index (χ1n) is 6.71. The minimum Gasteiger partial charge on any atom is -0.374 e. The number of hydrazine groups is 1. The average molecular weight is 284 g/mol. The van der Waals surface area contributed by atoms with Gasteiger partial charge in [0.1, 0.15) is 0 Å². The minimum absolute atomic E-state index is 0.0348. The van der Waals surface area contributed by atoms with Crippen LogP contribution < -0.4 is 11.3 Å². The van der Waals surface area contributed by atoms with Gasteiger partial charge >= 0.3 is 0 Å². The summed E-state index contributed by atoms with van der Waals surface area (Å²) in [7, 11) is 0. The summed E-state index contributed by atoms with van der Waals surface area (Å²) in [6.07, 6.45) is 0.0532. The Kier molecular flexibility index (Phi) is 5.19. The van der Waals surface area contributed by atoms with E-state index in [-0.39, 0.29) is 12.1 Å². The zero-order valence-electron chi connectivity index (χ0n) is 11.5. The highest BCUT2D eigenvalue weighted by Gasteiger charge is 2.28. The summed E-state index contributed by atoms with van der Waals surface area (Å²) in [4.78, 5) is 2.37. The van der Waals surface area contributed by atoms with E-state index in [2.05, 4.69) is 23.3 Å². The van der Waals surface area contributed by atoms with Crippen LogP contribution in [0.1, 0.15) is 24.1 Å². The molecule has 0 bridgehead atoms. The summed E-state index contributed by atoms with van der Waals surface area (Å²) in [5.74, 6) is 5.72. The summed E-state index contributed by atoms with van der Waals surface area (Å²) in [6, 6.07) is 6.00. The van der Waals surface area contributed by atoms with Crippen LogP contribution in [0.3, 0.4) is 0 Å². The molecule has 2 unspecified atom stereocenters. The SMILES string of the molecule is CCN1CCOC(C(NN)c2ccc(C)c(Cl)c2)C1. The third-order valence-electron chi connectivity index (χ3n) is 3.73. The van der Waals surface area contributed by atoms with Crippen LogP contribution in [0.5, 0.6) is 0 Å². The second-order valence-corrected chi connectivity index (χ2v) is 5.36. The van der Waals surface area contributed by atoms with Gasteiger partial charge in [-0.15, -0.1) is 0 Å². The maximum Gasteiger partial charge on any atom is 0.0909 e. The Morgan fingerprint density at radius 1 is 1.58 bits per heavy atom. The lowest BCUT2D eigenvalue weighted by Crippen LogP contribution is -2.49. The number of hydrogen-bond donors (Lipinski definition) is 2. The van der Waals surface area contributed by atoms with Crippen molar-refractivity contribution in [2.75, 3.05) is 26.2 Å². The molecule has 0 aromatic heterocycles. The van der Waals surface area contributed by atoms with E-state index in [4.69, 9.17) is 22.2 Å². The highest BCUT2D eigenvalue weighted by Crippen LogP contribution is 2.26. The third-order valence-corrected chi connectivity index (χ3v) is 4.14. The molecule has 1 fully saturated rings. The van der Waals surface area contributed by atoms with Crippen molar-refractivity contribution in [1.82, 2.24) is 10.3 Å². The van der Waals surface area contributed by atoms with Crippen molar-refractivity contribution in [2.45, 2.75) is 26.0 Å². The van der Waals surface area contributed by atoms with E-state index >= 15 is 0 Å². The number of halogens is 1. The zero-order chi connectivity index (χ0) is 13.8. The molecule has 1 aromatic carbocycles. The van der Waals surface area contributed by atoms with Crippen LogP contribution in [-0.2, 0) is 4.74 Å². The smallest absolute Gasteiger partial charge is 0.0909 e. The highest BCUT2D eigenvalue weighted by atomic mass is 35.5. The highest BCUT2D eigenvalue weighted by molar-refractivity contribution is 6.31. The molecular weight excluding hydrogens is 262 g/mol. The molecule has 1 aliphatic rings. The van der Waals surface area contributed by atoms with Crippen molar-refractivity contribution in [1.29, 1.82) is 0 Å². The molecule has 1 saturated heterocycles. The molecular formula is C14H22ClN3O. The Morgan fingerprint density at radius 2 is 2.37 bits per heavy atom. The topological polar surface area (TPSA) is 50.5 Å². The van der Waals surface area contributed by atoms with E-state index in [0.717, 1.165) is 42.4 Å². The van der Waals surface area contributed by atoms with E-state index in [1.54, 1.807) is 0 Å². The first kappa shape index (κ1) is 14.8. The summed E-state index contributed by atoms with van der Waals surface area (Å²) in [5, 5.41) is 0.765. The second kappa shape index (κ2) is 6.68. The number of likely N-dealkylation sites (N-methyl/N-ethyl adjacent to an activating group) is 1. The second-order valence-electron chi connectivity index (χ2n) is 4.96. The molecule has 3 N–H and O–H groups in total. The Hall–Kier alpha value is -0.650. The fourth-order valence-corrected chi connectivity index (χ4v) is 2.63. The number of morpholine rings is 1. The van der Waals surface area contributed by atoms with E-state index in [1.165, 1.54) is 0 Å². The van der Waals surface area contributed by atoms with Crippen molar-refractivity contribution in [2.24, 2.45) is 5.84 Å². The van der Waals surface area contributed by atoms with Gasteiger partial charge in [0.2, 0.25) is 0 Å². The lowest BCUT2D eigenvalue weighted by Gasteiger charge is -2.36. The van der Waals surface area contributed by atoms with Crippen LogP contribution in [-0.4, -0.2) is 37.2 Å². The lowest BCUT2D eigenvalue weighted by molar-refractivity contribution is -0.0456. The lowest BCUT2D eigenvalue weighted by atomic mass is 9.99. The Labute approximate surface area is 119 Å². The van der Waals surface area contributed by atoms with Crippen LogP contribution in [0.15, 0.2) is 18.2 Å². The Balaban J connectivity index is 2.16. The van der Waals surface area contributed by atoms with Gasteiger partial charge in [-0.2, -0.15) is 0 Å². The maximum absolute atomic E-state index is 6.19. The summed E-state index contributed by atoms with van der Waals surface area (Å²) in [5.41, 5.74) is 5.01. The summed E-state index contributed by atoms with van der Waals surface area (Å²) >= 11 is 6.19. The summed E-state index contributed by atoms with van der Waals surface area (Å²) in [6.45, 7) is 7.81. The monoisotopic (exact) mass is 283 g/mol. The van der Waals surface area contributed by atoms with Gasteiger partial charge in [-0.3, -0.25) is 16.2 Å². The van der Waals surface area contributed by atoms with Gasteiger partial charge in [-0.05, 0) is 30.7 Å². The molecule has 0 radical (unpaired) electrons. The van der Waals surface area contributed by atoms with Crippen LogP contribution in [0.4, 0.5) is 0 Å². The van der Waals surface area contributed by atoms with Crippen molar-refractivity contribution in [3.05, 3.63) is 34.3 Å². The van der Waals surface area contributed by atoms with E-state index < -0.39 is 0 Å². The normalized spacial score (nSPS) is 22.4. The average Bonchev–Trinajstić information content (AvgIpc) is 2.44. The number of nitrogens with two attached hydrogens (primary N) is 1. The van der Waals surface area contributed by atoms with E-state index in [9.17, 15) is 0 Å². The molecule has 1 heterocycles. The van der Waals surface area contributed by atoms with Crippen LogP contribution in [0.2, 0.25) is 5.02 Å². The number of nitrogens with one attached hydrogen (secondary N) is 1. The molecule has 0 saturated carbocycles. The van der Waals surface area contributed by atoms with Crippen LogP contribution in [0, 0.1) is 6.92 Å². The van der Waals surface area contributed by atoms with Crippen molar-refractivity contribution >= 4 is 11.6 Å². The Bertz CT molecular complexity index is 427. The molecule has 5 heteroatoms. The minimum atomic E-state index is -0.0348. The zero-order valence-corrected chi connectivity index (χ0v) is 12.3. The number of hydrogen-bond acceptors (Lipinski definition) is 4. The van der Waals surface area contributed by atoms with Crippen molar-refractivity contribution in [3.63, 3.8) is 0 Å². The number of nitrogens with zero attached hydrogens (tertiary/aromatic N) is 1. The first-order valence-corrected chi connectivity index (χ1v) is 7.09. The predicted octanol–water partition coefficient (Wildman–Crippen LogP) is 1.87. The molecule has 0 aliphatic carbocycles. The number of benzene rings is 1. The van der Waals surface area contributed by atoms with Gasteiger partial charge in [-0.1, -0.05) is 30.7 Å². The number of rotatable bonds is 4. The fraction of sp³-hybridized carbons (Fsp3) is 0.571. The van der Waals surface area contributed by atoms with Gasteiger partial charge in [0, 0.05) is 18.1 Å². The summed E-state index contributed by atoms with van der Waals surface area (Å²) < 4.78 is 5.86. The van der Waals surface area contributed by atoms with Gasteiger partial charge in [0.05, 0.1) is 18.8 Å². The molecule has 106 valence electrons. The molecule has 19 heavy (non-hydrogen) atoms. The third kappa shape index (κ3) is 3.46. The van der Waals surface area contributed by atoms with Gasteiger partial charge < -0.3 is 4.74 Å². The fourth-order valence-electron chi connectivity index (χ4n) is 2.44. The quantitative estimate of drug-likeness (QED) is 0.654. The van der Waals surface area contributed by atoms with Crippen molar-refractivity contribution < 1.29 is 4.74 Å². The van der Waals surface area contributed by atoms with Gasteiger partial charge in [0.25, 0.3) is 0 Å². The first-order chi connectivity index (χ1) is 9.15.